The van der Waals surface area contributed by atoms with Crippen molar-refractivity contribution in [2.45, 2.75) is 143 Å². The lowest BCUT2D eigenvalue weighted by molar-refractivity contribution is -0.633. The Hall–Kier alpha value is -15.7. The zero-order valence-electron chi connectivity index (χ0n) is 82.5. The quantitative estimate of drug-likeness (QED) is 0.123. The molecule has 0 aliphatic heterocycles. The molecule has 0 unspecified atom stereocenters. The van der Waals surface area contributed by atoms with E-state index in [1.54, 1.807) is 6.20 Å². The van der Waals surface area contributed by atoms with Crippen LogP contribution in [-0.4, -0.2) is 38.2 Å². The summed E-state index contributed by atoms with van der Waals surface area (Å²) >= 11 is 0. The molecular formula is C121H114N12O4+4. The molecule has 0 radical (unpaired) electrons. The number of nitrogens with zero attached hydrogens (tertiary/aromatic N) is 12. The number of fused-ring (bicyclic) bond motifs is 16. The van der Waals surface area contributed by atoms with Gasteiger partial charge in [-0.3, -0.25) is 19.9 Å². The Bertz CT molecular complexity index is 9030. The lowest BCUT2D eigenvalue weighted by atomic mass is 9.92. The molecule has 678 valence electrons. The molecule has 0 atom stereocenters. The predicted molar refractivity (Wildman–Crippen MR) is 559 cm³/mol. The molecule has 16 nitrogen and oxygen atoms in total. The number of rotatable bonds is 10. The first-order valence-corrected chi connectivity index (χ1v) is 47.5. The normalized spacial score (nSPS) is 11.9. The molecule has 16 heteroatoms. The number of imidazole rings is 4. The monoisotopic (exact) mass is 1800 g/mol. The van der Waals surface area contributed by atoms with E-state index in [0.29, 0.717) is 11.8 Å². The summed E-state index contributed by atoms with van der Waals surface area (Å²) in [6.45, 7) is 41.1. The number of hydrogen-bond acceptors (Lipinski definition) is 8. The standard InChI is InChI=1S/C34H36N3O.C30H28N3O.C29H26N3O.C28H24N3O/c1-19(2)24-12-11-13-25(20(3)4)31(24)37-29-15-10-9-14-28(29)36(8)34(37)30-21(5)16-17-26-27-18-22(6)35-23(7)32(27)38-33(26)30;1-17-14-15-22-23-16-20(4)31-21(5)28(23)34-29(22)26(17)30-32(6)24-12-7-8-13-25(24)33(30)27-18(2)10-9-11-19(27)3;1-17-13-14-21-22-15-16-30-20(4)27(22)33-28(21)25(17)29-31(5)23-11-6-7-12-24(23)32(29)26-18(2)9-8-10-19(26)3;1-17-12-13-21-20-14-15-29-16-24(20)32-27(21)25(17)28-30(4)22-10-5-6-11-23(22)31(28)26-18(2)8-7-9-19(26)3/h9-20H,1-8H3;7-16H,1-6H3;6-16H,1-5H3;5-16H,1-4H3/q4*+1. The average molecular weight is 1800 g/mol. The zero-order valence-corrected chi connectivity index (χ0v) is 82.5. The Morgan fingerprint density at radius 2 is 0.540 bits per heavy atom. The topological polar surface area (TPSA) is 139 Å². The Morgan fingerprint density at radius 3 is 0.883 bits per heavy atom. The maximum atomic E-state index is 6.71. The van der Waals surface area contributed by atoms with E-state index >= 15 is 0 Å². The van der Waals surface area contributed by atoms with Crippen molar-refractivity contribution in [1.29, 1.82) is 0 Å². The first-order valence-electron chi connectivity index (χ1n) is 47.5. The molecule has 0 bridgehead atoms. The SMILES string of the molecule is Cc1cc2c(oc3c(-c4n(-c5c(C(C)C)cccc5C(C)C)c5ccccc5[n+]4C)c(C)ccc32)c(C)n1.Cc1cc2c(oc3c(-c4n(-c5c(C)cccc5C)c5ccccc5[n+]4C)c(C)ccc32)c(C)n1.Cc1cccc(C)c1-n1c(-c2c(C)ccc3c2oc2c(C)nccc23)[n+](C)c2ccccc21.Cc1cccc(C)c1-n1c(-c2c(C)ccc3c2oc2cnccc23)[n+](C)c2ccccc21. The van der Waals surface area contributed by atoms with Gasteiger partial charge in [0.15, 0.2) is 88.8 Å². The molecule has 0 saturated carbocycles. The second-order valence-corrected chi connectivity index (χ2v) is 38.2. The summed E-state index contributed by atoms with van der Waals surface area (Å²) in [6.07, 6.45) is 5.49. The van der Waals surface area contributed by atoms with Gasteiger partial charge in [-0.25, -0.2) is 18.3 Å². The van der Waals surface area contributed by atoms with Crippen molar-refractivity contribution in [2.75, 3.05) is 0 Å². The highest BCUT2D eigenvalue weighted by atomic mass is 16.3. The Morgan fingerprint density at radius 1 is 0.255 bits per heavy atom. The molecule has 0 N–H and O–H groups in total. The number of benzene rings is 12. The third kappa shape index (κ3) is 14.1. The van der Waals surface area contributed by atoms with Gasteiger partial charge in [-0.2, -0.15) is 18.3 Å². The van der Waals surface area contributed by atoms with Crippen LogP contribution in [0.5, 0.6) is 0 Å². The minimum absolute atomic E-state index is 0.378. The van der Waals surface area contributed by atoms with Gasteiger partial charge in [0.05, 0.1) is 51.5 Å². The van der Waals surface area contributed by atoms with Gasteiger partial charge in [0.2, 0.25) is 0 Å². The number of aromatic nitrogens is 12. The molecule has 0 spiro atoms. The minimum Gasteiger partial charge on any atom is -0.453 e. The Labute approximate surface area is 797 Å². The van der Waals surface area contributed by atoms with E-state index in [2.05, 4.69) is 414 Å². The fourth-order valence-electron chi connectivity index (χ4n) is 21.9. The van der Waals surface area contributed by atoms with Crippen molar-refractivity contribution in [3.63, 3.8) is 0 Å². The summed E-state index contributed by atoms with van der Waals surface area (Å²) in [5, 5.41) is 8.94. The highest BCUT2D eigenvalue weighted by molar-refractivity contribution is 6.14. The van der Waals surface area contributed by atoms with E-state index in [9.17, 15) is 0 Å². The van der Waals surface area contributed by atoms with Crippen LogP contribution in [-0.2, 0) is 28.2 Å². The minimum atomic E-state index is 0.378. The van der Waals surface area contributed by atoms with E-state index in [1.807, 2.05) is 52.2 Å². The summed E-state index contributed by atoms with van der Waals surface area (Å²) in [7, 11) is 8.62. The Kier molecular flexibility index (Phi) is 21.9. The maximum absolute atomic E-state index is 6.71. The molecule has 24 aromatic rings. The molecule has 0 saturated heterocycles. The molecule has 12 aromatic carbocycles. The van der Waals surface area contributed by atoms with Crippen LogP contribution in [0.4, 0.5) is 0 Å². The fourth-order valence-corrected chi connectivity index (χ4v) is 21.9. The van der Waals surface area contributed by atoms with E-state index in [0.717, 1.165) is 162 Å². The second kappa shape index (κ2) is 34.0. The predicted octanol–water partition coefficient (Wildman–Crippen LogP) is 28.5. The first-order chi connectivity index (χ1) is 66.1. The van der Waals surface area contributed by atoms with Crippen LogP contribution in [0.3, 0.4) is 0 Å². The van der Waals surface area contributed by atoms with Gasteiger partial charge in [0, 0.05) is 78.0 Å². The van der Waals surface area contributed by atoms with E-state index in [4.69, 9.17) is 22.7 Å². The summed E-state index contributed by atoms with van der Waals surface area (Å²) in [6, 6.07) is 86.7. The number of hydrogen-bond donors (Lipinski definition) is 0. The van der Waals surface area contributed by atoms with Crippen molar-refractivity contribution in [3.8, 4) is 68.3 Å². The number of para-hydroxylation sites is 12. The molecule has 12 aromatic heterocycles. The van der Waals surface area contributed by atoms with E-state index < -0.39 is 0 Å². The summed E-state index contributed by atoms with van der Waals surface area (Å²) < 4.78 is 45.2. The molecule has 0 aliphatic rings. The van der Waals surface area contributed by atoms with Crippen LogP contribution in [0.2, 0.25) is 0 Å². The van der Waals surface area contributed by atoms with Crippen LogP contribution < -0.4 is 18.3 Å². The molecule has 0 fully saturated rings. The average Bonchev–Trinajstić information content (AvgIpc) is 1.58. The molecule has 0 aliphatic carbocycles. The van der Waals surface area contributed by atoms with E-state index in [-0.39, 0.29) is 0 Å². The molecular weight excluding hydrogens is 1690 g/mol. The van der Waals surface area contributed by atoms with Gasteiger partial charge in [-0.15, -0.1) is 0 Å². The van der Waals surface area contributed by atoms with Crippen LogP contribution in [0.15, 0.2) is 279 Å². The summed E-state index contributed by atoms with van der Waals surface area (Å²) in [4.78, 5) is 18.1. The van der Waals surface area contributed by atoms with Gasteiger partial charge in [-0.05, 0) is 244 Å². The third-order valence-electron chi connectivity index (χ3n) is 28.4. The van der Waals surface area contributed by atoms with Crippen LogP contribution in [0.25, 0.3) is 200 Å². The van der Waals surface area contributed by atoms with Gasteiger partial charge >= 0.3 is 0 Å². The summed E-state index contributed by atoms with van der Waals surface area (Å²) in [5.41, 5.74) is 45.6. The van der Waals surface area contributed by atoms with Crippen LogP contribution in [0, 0.1) is 104 Å². The molecule has 12 heterocycles. The lowest BCUT2D eigenvalue weighted by Crippen LogP contribution is -2.30. The molecule has 24 rings (SSSR count). The highest BCUT2D eigenvalue weighted by Gasteiger charge is 2.39. The van der Waals surface area contributed by atoms with Gasteiger partial charge < -0.3 is 17.7 Å². The summed E-state index contributed by atoms with van der Waals surface area (Å²) in [5.74, 6) is 5.22. The van der Waals surface area contributed by atoms with Gasteiger partial charge in [-0.1, -0.05) is 198 Å². The van der Waals surface area contributed by atoms with Crippen LogP contribution >= 0.6 is 0 Å². The van der Waals surface area contributed by atoms with E-state index in [1.165, 1.54) is 134 Å². The Balaban J connectivity index is 0.000000109. The van der Waals surface area contributed by atoms with Gasteiger partial charge in [0.1, 0.15) is 45.0 Å². The largest absolute Gasteiger partial charge is 0.453 e. The maximum Gasteiger partial charge on any atom is 0.299 e. The van der Waals surface area contributed by atoms with Crippen molar-refractivity contribution in [1.82, 2.24) is 38.2 Å². The van der Waals surface area contributed by atoms with Crippen molar-refractivity contribution >= 4 is 132 Å². The number of furan rings is 4. The molecule has 0 amide bonds. The smallest absolute Gasteiger partial charge is 0.299 e. The fraction of sp³-hybridized carbons (Fsp3) is 0.207. The second-order valence-electron chi connectivity index (χ2n) is 38.2. The van der Waals surface area contributed by atoms with Gasteiger partial charge in [0.25, 0.3) is 23.3 Å². The zero-order chi connectivity index (χ0) is 95.4. The van der Waals surface area contributed by atoms with Crippen molar-refractivity contribution < 1.29 is 35.9 Å². The van der Waals surface area contributed by atoms with Crippen LogP contribution in [0.1, 0.15) is 135 Å². The first kappa shape index (κ1) is 87.9. The number of pyridine rings is 4. The highest BCUT2D eigenvalue weighted by Crippen LogP contribution is 2.48. The number of aryl methyl sites for hydroxylation is 19. The van der Waals surface area contributed by atoms with Crippen molar-refractivity contribution in [2.24, 2.45) is 28.2 Å². The third-order valence-corrected chi connectivity index (χ3v) is 28.4. The van der Waals surface area contributed by atoms with Crippen molar-refractivity contribution in [3.05, 3.63) is 356 Å². The lowest BCUT2D eigenvalue weighted by Gasteiger charge is -2.18. The molecule has 137 heavy (non-hydrogen) atoms.